The summed E-state index contributed by atoms with van der Waals surface area (Å²) in [4.78, 5) is 23.9. The monoisotopic (exact) mass is 345 g/mol. The minimum absolute atomic E-state index is 0.00226. The van der Waals surface area contributed by atoms with Crippen LogP contribution in [-0.4, -0.2) is 38.1 Å². The lowest BCUT2D eigenvalue weighted by Crippen LogP contribution is -2.33. The number of likely N-dealkylation sites (N-methyl/N-ethyl adjacent to an activating group) is 1. The van der Waals surface area contributed by atoms with Gasteiger partial charge in [0, 0.05) is 19.0 Å². The highest BCUT2D eigenvalue weighted by Gasteiger charge is 2.57. The van der Waals surface area contributed by atoms with Crippen molar-refractivity contribution in [3.05, 3.63) is 29.8 Å². The second kappa shape index (κ2) is 7.87. The summed E-state index contributed by atoms with van der Waals surface area (Å²) in [6.07, 6.45) is 3.23. The van der Waals surface area contributed by atoms with Gasteiger partial charge in [-0.2, -0.15) is 0 Å². The van der Waals surface area contributed by atoms with E-state index in [0.29, 0.717) is 18.8 Å². The van der Waals surface area contributed by atoms with Crippen LogP contribution in [0.4, 0.5) is 0 Å². The number of carbonyl (C=O) groups is 2. The van der Waals surface area contributed by atoms with Crippen molar-refractivity contribution in [1.29, 1.82) is 0 Å². The van der Waals surface area contributed by atoms with Crippen molar-refractivity contribution >= 4 is 11.8 Å². The van der Waals surface area contributed by atoms with E-state index in [4.69, 9.17) is 4.74 Å². The molecule has 1 heterocycles. The van der Waals surface area contributed by atoms with Crippen LogP contribution in [0.25, 0.3) is 0 Å². The Hall–Kier alpha value is -2.08. The number of hydrogen-bond donors (Lipinski definition) is 3. The molecule has 25 heavy (non-hydrogen) atoms. The molecule has 6 heteroatoms. The molecular formula is C19H27N3O3. The SMILES string of the molecule is CCNC(=O)COc1cccc(CNC(=O)C2CC23CCNCC3)c1. The number of benzene rings is 1. The first-order chi connectivity index (χ1) is 12.1. The molecule has 3 rings (SSSR count). The molecule has 1 atom stereocenters. The van der Waals surface area contributed by atoms with E-state index in [9.17, 15) is 9.59 Å². The Balaban J connectivity index is 1.46. The number of nitrogens with one attached hydrogen (secondary N) is 3. The number of hydrogen-bond acceptors (Lipinski definition) is 4. The number of amides is 2. The van der Waals surface area contributed by atoms with Gasteiger partial charge in [-0.3, -0.25) is 9.59 Å². The number of ether oxygens (including phenoxy) is 1. The van der Waals surface area contributed by atoms with Gasteiger partial charge in [-0.05, 0) is 62.4 Å². The molecule has 2 fully saturated rings. The van der Waals surface area contributed by atoms with E-state index in [2.05, 4.69) is 16.0 Å². The Kier molecular flexibility index (Phi) is 5.58. The standard InChI is InChI=1S/C19H27N3O3/c1-2-21-17(23)13-25-15-5-3-4-14(10-15)12-22-18(24)16-11-19(16)6-8-20-9-7-19/h3-5,10,16,20H,2,6-9,11-13H2,1H3,(H,21,23)(H,22,24). The van der Waals surface area contributed by atoms with Crippen molar-refractivity contribution in [1.82, 2.24) is 16.0 Å². The Bertz CT molecular complexity index is 626. The van der Waals surface area contributed by atoms with E-state index in [0.717, 1.165) is 37.9 Å². The largest absolute Gasteiger partial charge is 0.484 e. The first-order valence-electron chi connectivity index (χ1n) is 9.10. The molecule has 1 saturated heterocycles. The third-order valence-electron chi connectivity index (χ3n) is 5.21. The van der Waals surface area contributed by atoms with Crippen molar-refractivity contribution in [3.63, 3.8) is 0 Å². The fourth-order valence-corrected chi connectivity index (χ4v) is 3.65. The maximum Gasteiger partial charge on any atom is 0.257 e. The Morgan fingerprint density at radius 1 is 1.28 bits per heavy atom. The quantitative estimate of drug-likeness (QED) is 0.694. The first-order valence-corrected chi connectivity index (χ1v) is 9.10. The zero-order valence-corrected chi connectivity index (χ0v) is 14.8. The van der Waals surface area contributed by atoms with Crippen LogP contribution in [0.1, 0.15) is 31.7 Å². The minimum Gasteiger partial charge on any atom is -0.484 e. The third-order valence-corrected chi connectivity index (χ3v) is 5.21. The van der Waals surface area contributed by atoms with Crippen LogP contribution in [0, 0.1) is 11.3 Å². The van der Waals surface area contributed by atoms with Crippen molar-refractivity contribution < 1.29 is 14.3 Å². The molecular weight excluding hydrogens is 318 g/mol. The maximum absolute atomic E-state index is 12.4. The lowest BCUT2D eigenvalue weighted by Gasteiger charge is -2.23. The van der Waals surface area contributed by atoms with Crippen molar-refractivity contribution in [2.45, 2.75) is 32.7 Å². The van der Waals surface area contributed by atoms with Crippen LogP contribution in [0.5, 0.6) is 5.75 Å². The van der Waals surface area contributed by atoms with Crippen LogP contribution >= 0.6 is 0 Å². The molecule has 6 nitrogen and oxygen atoms in total. The van der Waals surface area contributed by atoms with E-state index in [1.165, 1.54) is 0 Å². The third kappa shape index (κ3) is 4.51. The van der Waals surface area contributed by atoms with E-state index in [1.807, 2.05) is 31.2 Å². The van der Waals surface area contributed by atoms with E-state index in [-0.39, 0.29) is 29.8 Å². The molecule has 2 amide bonds. The second-order valence-electron chi connectivity index (χ2n) is 6.98. The van der Waals surface area contributed by atoms with Crippen molar-refractivity contribution in [2.24, 2.45) is 11.3 Å². The highest BCUT2D eigenvalue weighted by atomic mass is 16.5. The number of piperidine rings is 1. The van der Waals surface area contributed by atoms with Gasteiger partial charge < -0.3 is 20.7 Å². The van der Waals surface area contributed by atoms with Crippen LogP contribution in [0.3, 0.4) is 0 Å². The van der Waals surface area contributed by atoms with Gasteiger partial charge in [0.2, 0.25) is 5.91 Å². The van der Waals surface area contributed by atoms with Crippen LogP contribution in [0.15, 0.2) is 24.3 Å². The lowest BCUT2D eigenvalue weighted by molar-refractivity contribution is -0.124. The van der Waals surface area contributed by atoms with Gasteiger partial charge in [0.25, 0.3) is 5.91 Å². The van der Waals surface area contributed by atoms with Gasteiger partial charge >= 0.3 is 0 Å². The maximum atomic E-state index is 12.4. The number of carbonyl (C=O) groups excluding carboxylic acids is 2. The van der Waals surface area contributed by atoms with Gasteiger partial charge in [0.05, 0.1) is 0 Å². The van der Waals surface area contributed by atoms with E-state index < -0.39 is 0 Å². The summed E-state index contributed by atoms with van der Waals surface area (Å²) < 4.78 is 5.49. The first kappa shape index (κ1) is 17.7. The summed E-state index contributed by atoms with van der Waals surface area (Å²) in [6, 6.07) is 7.51. The molecule has 2 aliphatic rings. The molecule has 3 N–H and O–H groups in total. The van der Waals surface area contributed by atoms with Gasteiger partial charge in [0.1, 0.15) is 5.75 Å². The molecule has 0 bridgehead atoms. The van der Waals surface area contributed by atoms with Crippen molar-refractivity contribution in [3.8, 4) is 5.75 Å². The molecule has 0 radical (unpaired) electrons. The molecule has 136 valence electrons. The Labute approximate surface area is 148 Å². The fourth-order valence-electron chi connectivity index (χ4n) is 3.65. The molecule has 1 aliphatic carbocycles. The summed E-state index contributed by atoms with van der Waals surface area (Å²) in [5.41, 5.74) is 1.23. The zero-order valence-electron chi connectivity index (χ0n) is 14.8. The molecule has 1 aromatic carbocycles. The predicted octanol–water partition coefficient (Wildman–Crippen LogP) is 1.21. The second-order valence-corrected chi connectivity index (χ2v) is 6.98. The molecule has 1 aliphatic heterocycles. The van der Waals surface area contributed by atoms with Gasteiger partial charge in [0.15, 0.2) is 6.61 Å². The summed E-state index contributed by atoms with van der Waals surface area (Å²) in [7, 11) is 0. The Morgan fingerprint density at radius 2 is 2.08 bits per heavy atom. The molecule has 1 aromatic rings. The summed E-state index contributed by atoms with van der Waals surface area (Å²) in [6.45, 7) is 5.00. The van der Waals surface area contributed by atoms with Gasteiger partial charge in [-0.1, -0.05) is 12.1 Å². The highest BCUT2D eigenvalue weighted by Crippen LogP contribution is 2.58. The van der Waals surface area contributed by atoms with Gasteiger partial charge in [-0.15, -0.1) is 0 Å². The lowest BCUT2D eigenvalue weighted by atomic mass is 9.92. The van der Waals surface area contributed by atoms with Crippen LogP contribution in [0.2, 0.25) is 0 Å². The zero-order chi connectivity index (χ0) is 17.7. The van der Waals surface area contributed by atoms with Crippen LogP contribution in [-0.2, 0) is 16.1 Å². The average Bonchev–Trinajstić information content (AvgIpc) is 3.32. The summed E-state index contributed by atoms with van der Waals surface area (Å²) in [5, 5.41) is 9.10. The van der Waals surface area contributed by atoms with Gasteiger partial charge in [-0.25, -0.2) is 0 Å². The van der Waals surface area contributed by atoms with Crippen LogP contribution < -0.4 is 20.7 Å². The Morgan fingerprint density at radius 3 is 2.84 bits per heavy atom. The molecule has 1 spiro atoms. The normalized spacial score (nSPS) is 20.8. The van der Waals surface area contributed by atoms with Crippen molar-refractivity contribution in [2.75, 3.05) is 26.2 Å². The summed E-state index contributed by atoms with van der Waals surface area (Å²) in [5.74, 6) is 0.837. The predicted molar refractivity (Wildman–Crippen MR) is 95.1 cm³/mol. The minimum atomic E-state index is -0.137. The van der Waals surface area contributed by atoms with E-state index >= 15 is 0 Å². The number of rotatable bonds is 7. The van der Waals surface area contributed by atoms with E-state index in [1.54, 1.807) is 0 Å². The smallest absolute Gasteiger partial charge is 0.257 e. The average molecular weight is 345 g/mol. The molecule has 0 aromatic heterocycles. The molecule has 1 saturated carbocycles. The molecule has 1 unspecified atom stereocenters. The fraction of sp³-hybridized carbons (Fsp3) is 0.579. The topological polar surface area (TPSA) is 79.5 Å². The highest BCUT2D eigenvalue weighted by molar-refractivity contribution is 5.82. The summed E-state index contributed by atoms with van der Waals surface area (Å²) >= 11 is 0.